The van der Waals surface area contributed by atoms with E-state index in [2.05, 4.69) is 23.6 Å². The van der Waals surface area contributed by atoms with Crippen molar-refractivity contribution in [1.82, 2.24) is 9.80 Å². The van der Waals surface area contributed by atoms with Gasteiger partial charge in [-0.15, -0.1) is 0 Å². The van der Waals surface area contributed by atoms with Crippen LogP contribution in [0, 0.1) is 0 Å². The SMILES string of the molecule is CC(C)OCCN1CCN(Cc2ccc(C(=O)O)cc2)CC1. The van der Waals surface area contributed by atoms with Crippen LogP contribution in [-0.4, -0.2) is 66.3 Å². The number of piperazine rings is 1. The number of benzene rings is 1. The van der Waals surface area contributed by atoms with Gasteiger partial charge in [-0.3, -0.25) is 9.80 Å². The highest BCUT2D eigenvalue weighted by Crippen LogP contribution is 2.10. The molecule has 0 amide bonds. The lowest BCUT2D eigenvalue weighted by Crippen LogP contribution is -2.46. The molecule has 5 nitrogen and oxygen atoms in total. The molecule has 1 aliphatic rings. The van der Waals surface area contributed by atoms with Crippen LogP contribution in [-0.2, 0) is 11.3 Å². The minimum absolute atomic E-state index is 0.301. The molecule has 1 aromatic rings. The lowest BCUT2D eigenvalue weighted by Gasteiger charge is -2.34. The maximum Gasteiger partial charge on any atom is 0.335 e. The van der Waals surface area contributed by atoms with Gasteiger partial charge in [-0.1, -0.05) is 12.1 Å². The number of aromatic carboxylic acids is 1. The maximum atomic E-state index is 10.8. The van der Waals surface area contributed by atoms with Gasteiger partial charge in [0.25, 0.3) is 0 Å². The quantitative estimate of drug-likeness (QED) is 0.834. The van der Waals surface area contributed by atoms with Gasteiger partial charge in [0.1, 0.15) is 0 Å². The fraction of sp³-hybridized carbons (Fsp3) is 0.588. The molecule has 0 bridgehead atoms. The Balaban J connectivity index is 1.71. The summed E-state index contributed by atoms with van der Waals surface area (Å²) < 4.78 is 5.59. The molecule has 122 valence electrons. The second-order valence-corrected chi connectivity index (χ2v) is 6.04. The average molecular weight is 306 g/mol. The van der Waals surface area contributed by atoms with Crippen LogP contribution >= 0.6 is 0 Å². The maximum absolute atomic E-state index is 10.8. The summed E-state index contributed by atoms with van der Waals surface area (Å²) in [5, 5.41) is 8.91. The molecule has 1 N–H and O–H groups in total. The Morgan fingerprint density at radius 1 is 1.14 bits per heavy atom. The van der Waals surface area contributed by atoms with Crippen molar-refractivity contribution in [3.8, 4) is 0 Å². The predicted molar refractivity (Wildman–Crippen MR) is 86.2 cm³/mol. The first-order valence-corrected chi connectivity index (χ1v) is 7.93. The molecule has 0 aromatic heterocycles. The molecule has 1 aromatic carbocycles. The summed E-state index contributed by atoms with van der Waals surface area (Å²) >= 11 is 0. The first-order chi connectivity index (χ1) is 10.5. The third kappa shape index (κ3) is 5.40. The van der Waals surface area contributed by atoms with Gasteiger partial charge in [-0.25, -0.2) is 4.79 Å². The fourth-order valence-electron chi connectivity index (χ4n) is 2.60. The zero-order valence-electron chi connectivity index (χ0n) is 13.5. The van der Waals surface area contributed by atoms with Gasteiger partial charge in [0.15, 0.2) is 0 Å². The minimum atomic E-state index is -0.871. The first-order valence-electron chi connectivity index (χ1n) is 7.93. The monoisotopic (exact) mass is 306 g/mol. The Morgan fingerprint density at radius 2 is 1.73 bits per heavy atom. The summed E-state index contributed by atoms with van der Waals surface area (Å²) in [5.74, 6) is -0.871. The molecule has 1 fully saturated rings. The van der Waals surface area contributed by atoms with E-state index in [1.165, 1.54) is 5.56 Å². The van der Waals surface area contributed by atoms with Gasteiger partial charge >= 0.3 is 5.97 Å². The van der Waals surface area contributed by atoms with Gasteiger partial charge in [0.2, 0.25) is 0 Å². The van der Waals surface area contributed by atoms with Crippen LogP contribution in [0.5, 0.6) is 0 Å². The van der Waals surface area contributed by atoms with Crippen molar-refractivity contribution >= 4 is 5.97 Å². The Bertz CT molecular complexity index is 465. The van der Waals surface area contributed by atoms with E-state index >= 15 is 0 Å². The molecule has 0 atom stereocenters. The van der Waals surface area contributed by atoms with Gasteiger partial charge in [0, 0.05) is 39.3 Å². The second kappa shape index (κ2) is 8.27. The van der Waals surface area contributed by atoms with Gasteiger partial charge in [0.05, 0.1) is 18.3 Å². The van der Waals surface area contributed by atoms with Crippen molar-refractivity contribution in [2.24, 2.45) is 0 Å². The molecule has 1 saturated heterocycles. The smallest absolute Gasteiger partial charge is 0.335 e. The number of hydrogen-bond donors (Lipinski definition) is 1. The summed E-state index contributed by atoms with van der Waals surface area (Å²) in [5.41, 5.74) is 1.51. The van der Waals surface area contributed by atoms with Crippen molar-refractivity contribution in [2.45, 2.75) is 26.5 Å². The molecule has 5 heteroatoms. The largest absolute Gasteiger partial charge is 0.478 e. The third-order valence-corrected chi connectivity index (χ3v) is 3.93. The number of ether oxygens (including phenoxy) is 1. The highest BCUT2D eigenvalue weighted by Gasteiger charge is 2.16. The van der Waals surface area contributed by atoms with Crippen LogP contribution in [0.25, 0.3) is 0 Å². The van der Waals surface area contributed by atoms with Gasteiger partial charge < -0.3 is 9.84 Å². The third-order valence-electron chi connectivity index (χ3n) is 3.93. The number of carboxylic acids is 1. The second-order valence-electron chi connectivity index (χ2n) is 6.04. The van der Waals surface area contributed by atoms with Crippen molar-refractivity contribution < 1.29 is 14.6 Å². The molecule has 0 aliphatic carbocycles. The molecule has 0 saturated carbocycles. The topological polar surface area (TPSA) is 53.0 Å². The van der Waals surface area contributed by atoms with E-state index < -0.39 is 5.97 Å². The fourth-order valence-corrected chi connectivity index (χ4v) is 2.60. The van der Waals surface area contributed by atoms with Crippen LogP contribution < -0.4 is 0 Å². The van der Waals surface area contributed by atoms with E-state index in [1.54, 1.807) is 12.1 Å². The highest BCUT2D eigenvalue weighted by atomic mass is 16.5. The normalized spacial score (nSPS) is 17.0. The van der Waals surface area contributed by atoms with Crippen molar-refractivity contribution in [3.05, 3.63) is 35.4 Å². The molecule has 2 rings (SSSR count). The Kier molecular flexibility index (Phi) is 6.36. The minimum Gasteiger partial charge on any atom is -0.478 e. The summed E-state index contributed by atoms with van der Waals surface area (Å²) in [6.45, 7) is 11.0. The van der Waals surface area contributed by atoms with Crippen LogP contribution in [0.1, 0.15) is 29.8 Å². The number of carbonyl (C=O) groups is 1. The summed E-state index contributed by atoms with van der Waals surface area (Å²) in [6, 6.07) is 7.17. The Labute approximate surface area is 132 Å². The predicted octanol–water partition coefficient (Wildman–Crippen LogP) is 1.93. The van der Waals surface area contributed by atoms with Crippen molar-refractivity contribution in [2.75, 3.05) is 39.3 Å². The first kappa shape index (κ1) is 16.9. The molecule has 0 spiro atoms. The highest BCUT2D eigenvalue weighted by molar-refractivity contribution is 5.87. The van der Waals surface area contributed by atoms with E-state index in [4.69, 9.17) is 9.84 Å². The molecule has 1 aliphatic heterocycles. The zero-order valence-corrected chi connectivity index (χ0v) is 13.5. The van der Waals surface area contributed by atoms with Crippen molar-refractivity contribution in [1.29, 1.82) is 0 Å². The average Bonchev–Trinajstić information content (AvgIpc) is 2.49. The van der Waals surface area contributed by atoms with Crippen LogP contribution in [0.15, 0.2) is 24.3 Å². The lowest BCUT2D eigenvalue weighted by atomic mass is 10.1. The van der Waals surface area contributed by atoms with Gasteiger partial charge in [-0.05, 0) is 31.5 Å². The summed E-state index contributed by atoms with van der Waals surface area (Å²) in [6.07, 6.45) is 0.301. The number of hydrogen-bond acceptors (Lipinski definition) is 4. The van der Waals surface area contributed by atoms with Crippen LogP contribution in [0.3, 0.4) is 0 Å². The van der Waals surface area contributed by atoms with E-state index in [0.29, 0.717) is 11.7 Å². The zero-order chi connectivity index (χ0) is 15.9. The number of nitrogens with zero attached hydrogens (tertiary/aromatic N) is 2. The number of carboxylic acid groups (broad SMARTS) is 1. The molecule has 22 heavy (non-hydrogen) atoms. The summed E-state index contributed by atoms with van der Waals surface area (Å²) in [4.78, 5) is 15.7. The van der Waals surface area contributed by atoms with Crippen molar-refractivity contribution in [3.63, 3.8) is 0 Å². The molecular weight excluding hydrogens is 280 g/mol. The molecule has 1 heterocycles. The van der Waals surface area contributed by atoms with E-state index in [-0.39, 0.29) is 0 Å². The standard InChI is InChI=1S/C17H26N2O3/c1-14(2)22-12-11-18-7-9-19(10-8-18)13-15-3-5-16(6-4-15)17(20)21/h3-6,14H,7-13H2,1-2H3,(H,20,21). The Morgan fingerprint density at radius 3 is 2.27 bits per heavy atom. The van der Waals surface area contributed by atoms with Crippen LogP contribution in [0.4, 0.5) is 0 Å². The van der Waals surface area contributed by atoms with Crippen LogP contribution in [0.2, 0.25) is 0 Å². The van der Waals surface area contributed by atoms with Gasteiger partial charge in [-0.2, -0.15) is 0 Å². The molecule has 0 unspecified atom stereocenters. The van der Waals surface area contributed by atoms with E-state index in [9.17, 15) is 4.79 Å². The Hall–Kier alpha value is -1.43. The molecule has 0 radical (unpaired) electrons. The molecular formula is C17H26N2O3. The van der Waals surface area contributed by atoms with E-state index in [0.717, 1.165) is 45.9 Å². The number of rotatable bonds is 7. The lowest BCUT2D eigenvalue weighted by molar-refractivity contribution is 0.0437. The van der Waals surface area contributed by atoms with E-state index in [1.807, 2.05) is 12.1 Å². The summed E-state index contributed by atoms with van der Waals surface area (Å²) in [7, 11) is 0.